The van der Waals surface area contributed by atoms with E-state index in [-0.39, 0.29) is 0 Å². The minimum atomic E-state index is -5.51. The molecule has 0 aliphatic carbocycles. The van der Waals surface area contributed by atoms with Crippen molar-refractivity contribution in [2.75, 3.05) is 6.61 Å². The molecule has 20 heavy (non-hydrogen) atoms. The maximum absolute atomic E-state index is 11.1. The fraction of sp³-hybridized carbons (Fsp3) is 0.625. The molecule has 12 heteroatoms. The van der Waals surface area contributed by atoms with Gasteiger partial charge in [-0.3, -0.25) is 9.13 Å². The number of rotatable bonds is 6. The third-order valence-electron chi connectivity index (χ3n) is 2.60. The highest BCUT2D eigenvalue weighted by atomic mass is 31.2. The number of hydrogen-bond donors (Lipinski definition) is 5. The summed E-state index contributed by atoms with van der Waals surface area (Å²) in [5.41, 5.74) is 0.381. The first-order chi connectivity index (χ1) is 8.88. The van der Waals surface area contributed by atoms with Crippen molar-refractivity contribution in [3.63, 3.8) is 0 Å². The second-order valence-corrected chi connectivity index (χ2v) is 8.29. The number of ether oxygens (including phenoxy) is 1. The molecule has 1 unspecified atom stereocenters. The number of hydrogen-bond acceptors (Lipinski definition) is 5. The van der Waals surface area contributed by atoms with E-state index in [4.69, 9.17) is 24.3 Å². The lowest BCUT2D eigenvalue weighted by Gasteiger charge is -2.29. The molecule has 1 aromatic rings. The predicted molar refractivity (Wildman–Crippen MR) is 66.6 cm³/mol. The molecule has 1 aromatic heterocycles. The van der Waals surface area contributed by atoms with E-state index in [1.54, 1.807) is 17.8 Å². The molecule has 0 aliphatic rings. The van der Waals surface area contributed by atoms with Crippen LogP contribution in [-0.4, -0.2) is 45.9 Å². The molecular weight excluding hydrogens is 314 g/mol. The standard InChI is InChI=1S/C8H16N2O8P2/c1-6(7-3-10(2)5-9-7)18-4-8(11,19(12,13)14)20(15,16)17/h3,5-6,11H,4H2,1-2H3,(H2,12,13,14)(H2,15,16,17). The van der Waals surface area contributed by atoms with Gasteiger partial charge < -0.3 is 34.0 Å². The molecule has 1 rings (SSSR count). The fourth-order valence-electron chi connectivity index (χ4n) is 1.30. The average Bonchev–Trinajstić information content (AvgIpc) is 2.69. The topological polar surface area (TPSA) is 162 Å². The normalized spacial score (nSPS) is 15.3. The van der Waals surface area contributed by atoms with E-state index >= 15 is 0 Å². The lowest BCUT2D eigenvalue weighted by molar-refractivity contribution is -0.0109. The Morgan fingerprint density at radius 2 is 1.85 bits per heavy atom. The van der Waals surface area contributed by atoms with Crippen LogP contribution >= 0.6 is 15.2 Å². The van der Waals surface area contributed by atoms with Gasteiger partial charge in [-0.15, -0.1) is 0 Å². The zero-order chi connectivity index (χ0) is 15.8. The zero-order valence-corrected chi connectivity index (χ0v) is 12.5. The van der Waals surface area contributed by atoms with E-state index < -0.39 is 33.0 Å². The highest BCUT2D eigenvalue weighted by Gasteiger charge is 2.60. The second kappa shape index (κ2) is 5.67. The molecule has 1 atom stereocenters. The van der Waals surface area contributed by atoms with Crippen LogP contribution in [0.1, 0.15) is 18.7 Å². The molecule has 0 amide bonds. The molecule has 0 fully saturated rings. The van der Waals surface area contributed by atoms with E-state index in [9.17, 15) is 14.2 Å². The Bertz CT molecular complexity index is 539. The van der Waals surface area contributed by atoms with Gasteiger partial charge in [-0.1, -0.05) is 0 Å². The Morgan fingerprint density at radius 1 is 1.35 bits per heavy atom. The van der Waals surface area contributed by atoms with Gasteiger partial charge in [-0.2, -0.15) is 0 Å². The van der Waals surface area contributed by atoms with Crippen molar-refractivity contribution in [2.45, 2.75) is 18.1 Å². The van der Waals surface area contributed by atoms with Crippen molar-refractivity contribution in [1.82, 2.24) is 9.55 Å². The van der Waals surface area contributed by atoms with Gasteiger partial charge in [0, 0.05) is 13.2 Å². The van der Waals surface area contributed by atoms with Crippen molar-refractivity contribution in [1.29, 1.82) is 0 Å². The SMILES string of the molecule is CC(OCC(O)(P(=O)(O)O)P(=O)(O)O)c1cn(C)cn1. The molecule has 1 heterocycles. The first-order valence-electron chi connectivity index (χ1n) is 5.31. The summed E-state index contributed by atoms with van der Waals surface area (Å²) in [6.07, 6.45) is 2.19. The Balaban J connectivity index is 2.89. The molecule has 0 aliphatic heterocycles. The highest BCUT2D eigenvalue weighted by Crippen LogP contribution is 2.67. The smallest absolute Gasteiger partial charge is 0.368 e. The molecule has 116 valence electrons. The van der Waals surface area contributed by atoms with Gasteiger partial charge >= 0.3 is 15.2 Å². The predicted octanol–water partition coefficient (Wildman–Crippen LogP) is -0.501. The lowest BCUT2D eigenvalue weighted by atomic mass is 10.3. The van der Waals surface area contributed by atoms with Crippen LogP contribution in [0.25, 0.3) is 0 Å². The monoisotopic (exact) mass is 330 g/mol. The quantitative estimate of drug-likeness (QED) is 0.433. The molecular formula is C8H16N2O8P2. The largest absolute Gasteiger partial charge is 0.371 e. The summed E-state index contributed by atoms with van der Waals surface area (Å²) in [4.78, 5) is 39.6. The maximum Gasteiger partial charge on any atom is 0.371 e. The number of imidazole rings is 1. The summed E-state index contributed by atoms with van der Waals surface area (Å²) < 4.78 is 28.8. The molecule has 0 saturated carbocycles. The van der Waals surface area contributed by atoms with Crippen molar-refractivity contribution in [3.05, 3.63) is 18.2 Å². The van der Waals surface area contributed by atoms with E-state index in [2.05, 4.69) is 4.98 Å². The number of nitrogens with zero attached hydrogens (tertiary/aromatic N) is 2. The van der Waals surface area contributed by atoms with Crippen molar-refractivity contribution < 1.29 is 38.5 Å². The van der Waals surface area contributed by atoms with E-state index in [0.29, 0.717) is 5.69 Å². The van der Waals surface area contributed by atoms with Gasteiger partial charge in [0.25, 0.3) is 5.08 Å². The Morgan fingerprint density at radius 3 is 2.20 bits per heavy atom. The van der Waals surface area contributed by atoms with Gasteiger partial charge in [-0.05, 0) is 6.92 Å². The first-order valence-corrected chi connectivity index (χ1v) is 8.54. The lowest BCUT2D eigenvalue weighted by Crippen LogP contribution is -2.34. The van der Waals surface area contributed by atoms with Gasteiger partial charge in [0.15, 0.2) is 0 Å². The van der Waals surface area contributed by atoms with Crippen LogP contribution in [0.15, 0.2) is 12.5 Å². The molecule has 0 radical (unpaired) electrons. The molecule has 0 spiro atoms. The maximum atomic E-state index is 11.1. The minimum absolute atomic E-state index is 0.381. The van der Waals surface area contributed by atoms with E-state index in [1.807, 2.05) is 0 Å². The molecule has 0 aromatic carbocycles. The Labute approximate surface area is 114 Å². The van der Waals surface area contributed by atoms with Gasteiger partial charge in [0.2, 0.25) is 0 Å². The van der Waals surface area contributed by atoms with Crippen LogP contribution in [-0.2, 0) is 20.9 Å². The van der Waals surface area contributed by atoms with Gasteiger partial charge in [0.05, 0.1) is 18.1 Å². The third kappa shape index (κ3) is 3.55. The van der Waals surface area contributed by atoms with E-state index in [1.165, 1.54) is 13.3 Å². The van der Waals surface area contributed by atoms with Crippen LogP contribution < -0.4 is 0 Å². The number of aryl methyl sites for hydroxylation is 1. The van der Waals surface area contributed by atoms with Crippen LogP contribution in [0.2, 0.25) is 0 Å². The zero-order valence-electron chi connectivity index (χ0n) is 10.7. The first kappa shape index (κ1) is 17.5. The van der Waals surface area contributed by atoms with Crippen molar-refractivity contribution in [3.8, 4) is 0 Å². The minimum Gasteiger partial charge on any atom is -0.368 e. The molecule has 0 saturated heterocycles. The fourth-order valence-corrected chi connectivity index (χ4v) is 3.15. The van der Waals surface area contributed by atoms with Crippen molar-refractivity contribution in [2.24, 2.45) is 7.05 Å². The summed E-state index contributed by atoms with van der Waals surface area (Å²) >= 11 is 0. The Hall–Kier alpha value is -0.570. The third-order valence-corrected chi connectivity index (χ3v) is 6.29. The van der Waals surface area contributed by atoms with E-state index in [0.717, 1.165) is 0 Å². The molecule has 5 N–H and O–H groups in total. The van der Waals surface area contributed by atoms with Crippen LogP contribution in [0.5, 0.6) is 0 Å². The summed E-state index contributed by atoms with van der Waals surface area (Å²) in [5, 5.41) is 6.03. The molecule has 0 bridgehead atoms. The average molecular weight is 330 g/mol. The Kier molecular flexibility index (Phi) is 4.95. The summed E-state index contributed by atoms with van der Waals surface area (Å²) in [7, 11) is -9.33. The van der Waals surface area contributed by atoms with Gasteiger partial charge in [0.1, 0.15) is 6.61 Å². The number of aromatic nitrogens is 2. The van der Waals surface area contributed by atoms with Crippen molar-refractivity contribution >= 4 is 15.2 Å². The summed E-state index contributed by atoms with van der Waals surface area (Å²) in [5.74, 6) is 0. The number of aliphatic hydroxyl groups is 1. The highest BCUT2D eigenvalue weighted by molar-refractivity contribution is 7.72. The van der Waals surface area contributed by atoms with Crippen LogP contribution in [0.4, 0.5) is 0 Å². The molecule has 10 nitrogen and oxygen atoms in total. The second-order valence-electron chi connectivity index (χ2n) is 4.28. The van der Waals surface area contributed by atoms with Crippen LogP contribution in [0, 0.1) is 0 Å². The van der Waals surface area contributed by atoms with Crippen LogP contribution in [0.3, 0.4) is 0 Å². The van der Waals surface area contributed by atoms with Gasteiger partial charge in [-0.25, -0.2) is 4.98 Å². The summed E-state index contributed by atoms with van der Waals surface area (Å²) in [6, 6.07) is 0. The summed E-state index contributed by atoms with van der Waals surface area (Å²) in [6.45, 7) is 0.224.